The molecule has 0 spiro atoms. The fourth-order valence-corrected chi connectivity index (χ4v) is 2.59. The second-order valence-electron chi connectivity index (χ2n) is 6.19. The standard InChI is InChI=1S/C17H24N4O2/c1-12(13(2)18)17-19-16(20-23-17)15-5-3-4-14(10-15)11-21-6-8-22-9-7-21/h3-5,10,12-13H,6-9,11,18H2,1-2H3. The highest BCUT2D eigenvalue weighted by Gasteiger charge is 2.19. The summed E-state index contributed by atoms with van der Waals surface area (Å²) in [6.45, 7) is 8.42. The summed E-state index contributed by atoms with van der Waals surface area (Å²) in [5.74, 6) is 1.26. The molecule has 1 aromatic carbocycles. The number of ether oxygens (including phenoxy) is 1. The van der Waals surface area contributed by atoms with Gasteiger partial charge in [-0.3, -0.25) is 4.90 Å². The summed E-state index contributed by atoms with van der Waals surface area (Å²) in [5, 5.41) is 4.10. The van der Waals surface area contributed by atoms with E-state index in [1.807, 2.05) is 26.0 Å². The Kier molecular flexibility index (Phi) is 5.05. The van der Waals surface area contributed by atoms with E-state index in [-0.39, 0.29) is 12.0 Å². The van der Waals surface area contributed by atoms with Crippen LogP contribution in [0.5, 0.6) is 0 Å². The average molecular weight is 316 g/mol. The van der Waals surface area contributed by atoms with Crippen LogP contribution in [-0.4, -0.2) is 47.4 Å². The van der Waals surface area contributed by atoms with Crippen LogP contribution in [0.4, 0.5) is 0 Å². The molecular formula is C17H24N4O2. The molecule has 1 aliphatic heterocycles. The Labute approximate surface area is 136 Å². The Morgan fingerprint density at radius 1 is 1.26 bits per heavy atom. The van der Waals surface area contributed by atoms with E-state index in [9.17, 15) is 0 Å². The van der Waals surface area contributed by atoms with E-state index in [1.165, 1.54) is 5.56 Å². The van der Waals surface area contributed by atoms with Crippen LogP contribution >= 0.6 is 0 Å². The highest BCUT2D eigenvalue weighted by molar-refractivity contribution is 5.55. The number of aromatic nitrogens is 2. The summed E-state index contributed by atoms with van der Waals surface area (Å²) in [7, 11) is 0. The third-order valence-electron chi connectivity index (χ3n) is 4.32. The van der Waals surface area contributed by atoms with Crippen LogP contribution in [0.15, 0.2) is 28.8 Å². The van der Waals surface area contributed by atoms with Gasteiger partial charge in [0, 0.05) is 31.2 Å². The zero-order valence-corrected chi connectivity index (χ0v) is 13.7. The van der Waals surface area contributed by atoms with E-state index in [0.29, 0.717) is 11.7 Å². The second kappa shape index (κ2) is 7.21. The van der Waals surface area contributed by atoms with Crippen LogP contribution in [-0.2, 0) is 11.3 Å². The minimum Gasteiger partial charge on any atom is -0.379 e. The van der Waals surface area contributed by atoms with Gasteiger partial charge in [-0.15, -0.1) is 0 Å². The minimum atomic E-state index is -0.0176. The van der Waals surface area contributed by atoms with Gasteiger partial charge in [-0.25, -0.2) is 0 Å². The van der Waals surface area contributed by atoms with Gasteiger partial charge in [-0.05, 0) is 18.6 Å². The molecule has 0 amide bonds. The first-order valence-corrected chi connectivity index (χ1v) is 8.12. The van der Waals surface area contributed by atoms with Crippen LogP contribution in [0.3, 0.4) is 0 Å². The van der Waals surface area contributed by atoms with E-state index in [1.54, 1.807) is 0 Å². The van der Waals surface area contributed by atoms with Crippen molar-refractivity contribution in [2.75, 3.05) is 26.3 Å². The van der Waals surface area contributed by atoms with Gasteiger partial charge >= 0.3 is 0 Å². The molecule has 2 N–H and O–H groups in total. The van der Waals surface area contributed by atoms with Crippen molar-refractivity contribution in [2.45, 2.75) is 32.4 Å². The maximum Gasteiger partial charge on any atom is 0.231 e. The third-order valence-corrected chi connectivity index (χ3v) is 4.32. The SMILES string of the molecule is CC(N)C(C)c1nc(-c2cccc(CN3CCOCC3)c2)no1. The van der Waals surface area contributed by atoms with Crippen LogP contribution in [0.2, 0.25) is 0 Å². The van der Waals surface area contributed by atoms with Gasteiger partial charge in [0.05, 0.1) is 19.1 Å². The number of hydrogen-bond acceptors (Lipinski definition) is 6. The molecule has 3 rings (SSSR count). The molecule has 0 saturated carbocycles. The highest BCUT2D eigenvalue weighted by atomic mass is 16.5. The van der Waals surface area contributed by atoms with Crippen molar-refractivity contribution in [2.24, 2.45) is 5.73 Å². The van der Waals surface area contributed by atoms with E-state index in [0.717, 1.165) is 38.4 Å². The fraction of sp³-hybridized carbons (Fsp3) is 0.529. The average Bonchev–Trinajstić information content (AvgIpc) is 3.05. The molecule has 2 aromatic rings. The van der Waals surface area contributed by atoms with Gasteiger partial charge in [0.1, 0.15) is 0 Å². The number of nitrogens with zero attached hydrogens (tertiary/aromatic N) is 3. The molecule has 0 aliphatic carbocycles. The highest BCUT2D eigenvalue weighted by Crippen LogP contribution is 2.22. The molecule has 1 aliphatic rings. The maximum atomic E-state index is 5.90. The van der Waals surface area contributed by atoms with Crippen molar-refractivity contribution in [1.82, 2.24) is 15.0 Å². The molecule has 23 heavy (non-hydrogen) atoms. The molecule has 6 nitrogen and oxygen atoms in total. The molecule has 0 radical (unpaired) electrons. The number of nitrogens with two attached hydrogens (primary N) is 1. The summed E-state index contributed by atoms with van der Waals surface area (Å²) in [6, 6.07) is 8.28. The Morgan fingerprint density at radius 2 is 2.04 bits per heavy atom. The predicted molar refractivity (Wildman–Crippen MR) is 87.9 cm³/mol. The van der Waals surface area contributed by atoms with Crippen molar-refractivity contribution < 1.29 is 9.26 Å². The van der Waals surface area contributed by atoms with Crippen molar-refractivity contribution in [3.8, 4) is 11.4 Å². The van der Waals surface area contributed by atoms with Crippen molar-refractivity contribution in [3.05, 3.63) is 35.7 Å². The lowest BCUT2D eigenvalue weighted by atomic mass is 10.1. The summed E-state index contributed by atoms with van der Waals surface area (Å²) < 4.78 is 10.8. The minimum absolute atomic E-state index is 0.0176. The quantitative estimate of drug-likeness (QED) is 0.909. The van der Waals surface area contributed by atoms with Gasteiger partial charge in [0.15, 0.2) is 0 Å². The lowest BCUT2D eigenvalue weighted by Gasteiger charge is -2.26. The Morgan fingerprint density at radius 3 is 2.78 bits per heavy atom. The Balaban J connectivity index is 1.74. The van der Waals surface area contributed by atoms with Crippen LogP contribution in [0.25, 0.3) is 11.4 Å². The summed E-state index contributed by atoms with van der Waals surface area (Å²) in [5.41, 5.74) is 8.12. The molecule has 1 fully saturated rings. The van der Waals surface area contributed by atoms with Crippen LogP contribution in [0.1, 0.15) is 31.2 Å². The number of rotatable bonds is 5. The van der Waals surface area contributed by atoms with E-state index in [2.05, 4.69) is 27.2 Å². The number of benzene rings is 1. The van der Waals surface area contributed by atoms with Gasteiger partial charge in [-0.2, -0.15) is 4.98 Å². The summed E-state index contributed by atoms with van der Waals surface area (Å²) in [6.07, 6.45) is 0. The lowest BCUT2D eigenvalue weighted by molar-refractivity contribution is 0.0342. The molecule has 1 saturated heterocycles. The topological polar surface area (TPSA) is 77.4 Å². The molecular weight excluding hydrogens is 292 g/mol. The molecule has 2 heterocycles. The van der Waals surface area contributed by atoms with Crippen LogP contribution in [0, 0.1) is 0 Å². The maximum absolute atomic E-state index is 5.90. The Hall–Kier alpha value is -1.76. The second-order valence-corrected chi connectivity index (χ2v) is 6.19. The third kappa shape index (κ3) is 3.96. The largest absolute Gasteiger partial charge is 0.379 e. The van der Waals surface area contributed by atoms with Crippen molar-refractivity contribution >= 4 is 0 Å². The Bertz CT molecular complexity index is 635. The van der Waals surface area contributed by atoms with Crippen molar-refractivity contribution in [3.63, 3.8) is 0 Å². The van der Waals surface area contributed by atoms with Gasteiger partial charge < -0.3 is 15.0 Å². The van der Waals surface area contributed by atoms with E-state index in [4.69, 9.17) is 15.0 Å². The molecule has 2 unspecified atom stereocenters. The zero-order chi connectivity index (χ0) is 16.2. The molecule has 2 atom stereocenters. The summed E-state index contributed by atoms with van der Waals surface area (Å²) >= 11 is 0. The van der Waals surface area contributed by atoms with Crippen LogP contribution < -0.4 is 5.73 Å². The zero-order valence-electron chi connectivity index (χ0n) is 13.7. The first-order valence-electron chi connectivity index (χ1n) is 8.12. The van der Waals surface area contributed by atoms with Gasteiger partial charge in [0.25, 0.3) is 0 Å². The van der Waals surface area contributed by atoms with E-state index < -0.39 is 0 Å². The normalized spacial score (nSPS) is 18.7. The summed E-state index contributed by atoms with van der Waals surface area (Å²) in [4.78, 5) is 6.89. The monoisotopic (exact) mass is 316 g/mol. The molecule has 1 aromatic heterocycles. The van der Waals surface area contributed by atoms with Crippen molar-refractivity contribution in [1.29, 1.82) is 0 Å². The first-order chi connectivity index (χ1) is 11.1. The molecule has 6 heteroatoms. The predicted octanol–water partition coefficient (Wildman–Crippen LogP) is 2.02. The fourth-order valence-electron chi connectivity index (χ4n) is 2.59. The first kappa shape index (κ1) is 16.1. The van der Waals surface area contributed by atoms with E-state index >= 15 is 0 Å². The number of morpholine rings is 1. The lowest BCUT2D eigenvalue weighted by Crippen LogP contribution is -2.35. The number of hydrogen-bond donors (Lipinski definition) is 1. The molecule has 0 bridgehead atoms. The van der Waals surface area contributed by atoms with Gasteiger partial charge in [-0.1, -0.05) is 30.3 Å². The van der Waals surface area contributed by atoms with Gasteiger partial charge in [0.2, 0.25) is 11.7 Å². The molecule has 124 valence electrons. The smallest absolute Gasteiger partial charge is 0.231 e.